The van der Waals surface area contributed by atoms with Gasteiger partial charge in [-0.3, -0.25) is 4.90 Å². The molecular weight excluding hydrogens is 277 g/mol. The van der Waals surface area contributed by atoms with Crippen LogP contribution in [0.25, 0.3) is 0 Å². The molecule has 0 bridgehead atoms. The van der Waals surface area contributed by atoms with Crippen molar-refractivity contribution in [2.24, 2.45) is 0 Å². The van der Waals surface area contributed by atoms with E-state index < -0.39 is 12.7 Å². The van der Waals surface area contributed by atoms with Crippen molar-refractivity contribution >= 4 is 0 Å². The zero-order chi connectivity index (χ0) is 16.2. The lowest BCUT2D eigenvalue weighted by Gasteiger charge is -2.28. The highest BCUT2D eigenvalue weighted by Crippen LogP contribution is 2.25. The second-order valence-corrected chi connectivity index (χ2v) is 5.73. The van der Waals surface area contributed by atoms with Crippen LogP contribution in [0, 0.1) is 20.8 Å². The Morgan fingerprint density at radius 3 is 2.10 bits per heavy atom. The molecule has 1 unspecified atom stereocenters. The summed E-state index contributed by atoms with van der Waals surface area (Å²) in [7, 11) is 1.51. The lowest BCUT2D eigenvalue weighted by molar-refractivity contribution is -0.143. The highest BCUT2D eigenvalue weighted by atomic mass is 19.4. The minimum atomic E-state index is -4.16. The van der Waals surface area contributed by atoms with Gasteiger partial charge in [0.1, 0.15) is 0 Å². The minimum Gasteiger partial charge on any atom is -0.309 e. The second kappa shape index (κ2) is 7.27. The van der Waals surface area contributed by atoms with Gasteiger partial charge in [0, 0.05) is 12.6 Å². The van der Waals surface area contributed by atoms with Gasteiger partial charge in [-0.25, -0.2) is 0 Å². The molecule has 0 saturated heterocycles. The summed E-state index contributed by atoms with van der Waals surface area (Å²) in [5.41, 5.74) is 4.53. The molecule has 0 aliphatic heterocycles. The normalized spacial score (nSPS) is 13.8. The van der Waals surface area contributed by atoms with E-state index in [9.17, 15) is 13.2 Å². The smallest absolute Gasteiger partial charge is 0.309 e. The minimum absolute atomic E-state index is 0.0945. The topological polar surface area (TPSA) is 15.3 Å². The van der Waals surface area contributed by atoms with Crippen LogP contribution >= 0.6 is 0 Å². The predicted octanol–water partition coefficient (Wildman–Crippen LogP) is 3.76. The van der Waals surface area contributed by atoms with Crippen molar-refractivity contribution in [3.05, 3.63) is 34.4 Å². The van der Waals surface area contributed by atoms with Crippen LogP contribution < -0.4 is 5.32 Å². The molecule has 0 aliphatic carbocycles. The molecule has 0 heterocycles. The number of aryl methyl sites for hydroxylation is 3. The molecule has 21 heavy (non-hydrogen) atoms. The molecule has 120 valence electrons. The summed E-state index contributed by atoms with van der Waals surface area (Å²) >= 11 is 0. The monoisotopic (exact) mass is 302 g/mol. The number of hydrogen-bond acceptors (Lipinski definition) is 2. The summed E-state index contributed by atoms with van der Waals surface area (Å²) < 4.78 is 37.5. The molecule has 1 aromatic rings. The number of rotatable bonds is 6. The first kappa shape index (κ1) is 18.0. The Bertz CT molecular complexity index is 446. The van der Waals surface area contributed by atoms with Crippen molar-refractivity contribution in [3.8, 4) is 0 Å². The summed E-state index contributed by atoms with van der Waals surface area (Å²) in [4.78, 5) is 1.33. The molecule has 0 amide bonds. The Labute approximate surface area is 125 Å². The molecule has 0 aliphatic rings. The van der Waals surface area contributed by atoms with Crippen LogP contribution in [0.3, 0.4) is 0 Å². The molecule has 1 rings (SSSR count). The third-order valence-electron chi connectivity index (χ3n) is 3.48. The summed E-state index contributed by atoms with van der Waals surface area (Å²) in [6, 6.07) is 4.07. The Morgan fingerprint density at radius 1 is 1.14 bits per heavy atom. The first-order chi connectivity index (χ1) is 9.64. The van der Waals surface area contributed by atoms with Gasteiger partial charge in [-0.15, -0.1) is 0 Å². The third-order valence-corrected chi connectivity index (χ3v) is 3.48. The van der Waals surface area contributed by atoms with Crippen molar-refractivity contribution in [2.45, 2.75) is 39.9 Å². The Kier molecular flexibility index (Phi) is 6.23. The van der Waals surface area contributed by atoms with Crippen LogP contribution in [0.15, 0.2) is 12.1 Å². The van der Waals surface area contributed by atoms with Crippen molar-refractivity contribution in [1.29, 1.82) is 0 Å². The quantitative estimate of drug-likeness (QED) is 0.861. The van der Waals surface area contributed by atoms with E-state index in [4.69, 9.17) is 0 Å². The zero-order valence-corrected chi connectivity index (χ0v) is 13.4. The number of likely N-dealkylation sites (N-methyl/N-ethyl adjacent to an activating group) is 2. The molecule has 0 fully saturated rings. The fraction of sp³-hybridized carbons (Fsp3) is 0.625. The van der Waals surface area contributed by atoms with E-state index >= 15 is 0 Å². The number of halogens is 3. The van der Waals surface area contributed by atoms with Crippen molar-refractivity contribution in [2.75, 3.05) is 26.7 Å². The number of benzene rings is 1. The first-order valence-electron chi connectivity index (χ1n) is 7.20. The van der Waals surface area contributed by atoms with Gasteiger partial charge in [0.05, 0.1) is 6.54 Å². The summed E-state index contributed by atoms with van der Waals surface area (Å²) in [5, 5.41) is 3.31. The van der Waals surface area contributed by atoms with E-state index in [0.29, 0.717) is 6.54 Å². The lowest BCUT2D eigenvalue weighted by atomic mass is 9.93. The van der Waals surface area contributed by atoms with E-state index in [1.165, 1.54) is 17.5 Å². The fourth-order valence-corrected chi connectivity index (χ4v) is 2.93. The highest BCUT2D eigenvalue weighted by molar-refractivity contribution is 5.39. The number of hydrogen-bond donors (Lipinski definition) is 1. The van der Waals surface area contributed by atoms with Gasteiger partial charge in [0.15, 0.2) is 0 Å². The third kappa shape index (κ3) is 5.67. The van der Waals surface area contributed by atoms with Crippen molar-refractivity contribution in [3.63, 3.8) is 0 Å². The summed E-state index contributed by atoms with van der Waals surface area (Å²) in [6.45, 7) is 8.19. The molecule has 1 N–H and O–H groups in total. The van der Waals surface area contributed by atoms with Gasteiger partial charge in [-0.1, -0.05) is 24.6 Å². The van der Waals surface area contributed by atoms with Crippen molar-refractivity contribution < 1.29 is 13.2 Å². The molecule has 0 aromatic heterocycles. The lowest BCUT2D eigenvalue weighted by Crippen LogP contribution is -2.38. The molecular formula is C16H25F3N2. The predicted molar refractivity (Wildman–Crippen MR) is 80.6 cm³/mol. The van der Waals surface area contributed by atoms with E-state index in [0.717, 1.165) is 23.2 Å². The van der Waals surface area contributed by atoms with E-state index in [1.807, 2.05) is 27.7 Å². The zero-order valence-electron chi connectivity index (χ0n) is 13.4. The van der Waals surface area contributed by atoms with Crippen LogP contribution in [0.4, 0.5) is 13.2 Å². The molecule has 2 nitrogen and oxygen atoms in total. The maximum atomic E-state index is 12.5. The molecule has 0 saturated carbocycles. The van der Waals surface area contributed by atoms with Crippen LogP contribution in [0.5, 0.6) is 0 Å². The average molecular weight is 302 g/mol. The first-order valence-corrected chi connectivity index (χ1v) is 7.20. The number of alkyl halides is 3. The van der Waals surface area contributed by atoms with Crippen LogP contribution in [0.1, 0.15) is 35.2 Å². The number of nitrogens with zero attached hydrogens (tertiary/aromatic N) is 1. The molecule has 1 aromatic carbocycles. The molecule has 0 radical (unpaired) electrons. The van der Waals surface area contributed by atoms with Gasteiger partial charge in [0.25, 0.3) is 0 Å². The summed E-state index contributed by atoms with van der Waals surface area (Å²) in [5.74, 6) is 0. The van der Waals surface area contributed by atoms with Crippen molar-refractivity contribution in [1.82, 2.24) is 10.2 Å². The van der Waals surface area contributed by atoms with Crippen LogP contribution in [0.2, 0.25) is 0 Å². The Balaban J connectivity index is 2.97. The second-order valence-electron chi connectivity index (χ2n) is 5.73. The van der Waals surface area contributed by atoms with E-state index in [-0.39, 0.29) is 6.04 Å². The maximum Gasteiger partial charge on any atom is 0.401 e. The van der Waals surface area contributed by atoms with Gasteiger partial charge in [0.2, 0.25) is 0 Å². The van der Waals surface area contributed by atoms with E-state index in [2.05, 4.69) is 17.4 Å². The Hall–Kier alpha value is -1.07. The Morgan fingerprint density at radius 2 is 1.67 bits per heavy atom. The van der Waals surface area contributed by atoms with Crippen LogP contribution in [-0.2, 0) is 0 Å². The highest BCUT2D eigenvalue weighted by Gasteiger charge is 2.30. The van der Waals surface area contributed by atoms with E-state index in [1.54, 1.807) is 0 Å². The standard InChI is InChI=1S/C16H25F3N2/c1-6-20-14(9-21(5)10-16(17,18)19)15-12(3)7-11(2)8-13(15)4/h7-8,14,20H,6,9-10H2,1-5H3. The SMILES string of the molecule is CCNC(CN(C)CC(F)(F)F)c1c(C)cc(C)cc1C. The molecule has 1 atom stereocenters. The fourth-order valence-electron chi connectivity index (χ4n) is 2.93. The maximum absolute atomic E-state index is 12.5. The molecule has 0 spiro atoms. The van der Waals surface area contributed by atoms with Gasteiger partial charge >= 0.3 is 6.18 Å². The van der Waals surface area contributed by atoms with Crippen LogP contribution in [-0.4, -0.2) is 37.8 Å². The van der Waals surface area contributed by atoms with Gasteiger partial charge in [-0.2, -0.15) is 13.2 Å². The largest absolute Gasteiger partial charge is 0.401 e. The average Bonchev–Trinajstić information content (AvgIpc) is 2.24. The summed E-state index contributed by atoms with van der Waals surface area (Å²) in [6.07, 6.45) is -4.16. The molecule has 5 heteroatoms. The number of nitrogens with one attached hydrogen (secondary N) is 1. The van der Waals surface area contributed by atoms with Gasteiger partial charge in [-0.05, 0) is 51.1 Å². The van der Waals surface area contributed by atoms with Gasteiger partial charge < -0.3 is 5.32 Å².